The van der Waals surface area contributed by atoms with E-state index in [1.54, 1.807) is 30.3 Å². The summed E-state index contributed by atoms with van der Waals surface area (Å²) in [7, 11) is -3.92. The minimum Gasteiger partial charge on any atom is -0.378 e. The molecule has 4 rings (SSSR count). The number of ether oxygens (including phenoxy) is 1. The van der Waals surface area contributed by atoms with Crippen LogP contribution in [-0.4, -0.2) is 45.5 Å². The van der Waals surface area contributed by atoms with Crippen molar-refractivity contribution in [3.05, 3.63) is 63.5 Å². The molecule has 6 nitrogen and oxygen atoms in total. The summed E-state index contributed by atoms with van der Waals surface area (Å²) in [4.78, 5) is 14.6. The number of fused-ring (bicyclic) bond motifs is 1. The monoisotopic (exact) mass is 418 g/mol. The number of anilines is 1. The molecule has 1 amide bonds. The highest BCUT2D eigenvalue weighted by Gasteiger charge is 2.41. The number of hydrogen-bond donors (Lipinski definition) is 1. The lowest BCUT2D eigenvalue weighted by molar-refractivity contribution is -0.130. The van der Waals surface area contributed by atoms with Crippen molar-refractivity contribution in [2.24, 2.45) is 0 Å². The van der Waals surface area contributed by atoms with Crippen LogP contribution in [-0.2, 0) is 19.4 Å². The smallest absolute Gasteiger partial charge is 0.268 e. The van der Waals surface area contributed by atoms with E-state index in [0.29, 0.717) is 48.3 Å². The number of sulfone groups is 1. The predicted octanol–water partition coefficient (Wildman–Crippen LogP) is 3.08. The number of amides is 1. The van der Waals surface area contributed by atoms with E-state index in [1.165, 1.54) is 11.0 Å². The van der Waals surface area contributed by atoms with Crippen LogP contribution in [0.15, 0.2) is 52.3 Å². The van der Waals surface area contributed by atoms with E-state index >= 15 is 0 Å². The highest BCUT2D eigenvalue weighted by molar-refractivity contribution is 7.97. The van der Waals surface area contributed by atoms with Crippen molar-refractivity contribution in [3.8, 4) is 0 Å². The molecule has 28 heavy (non-hydrogen) atoms. The summed E-state index contributed by atoms with van der Waals surface area (Å²) in [5, 5.41) is 3.77. The molecule has 0 spiro atoms. The van der Waals surface area contributed by atoms with E-state index in [0.717, 1.165) is 5.56 Å². The number of morpholine rings is 1. The molecule has 0 atom stereocenters. The van der Waals surface area contributed by atoms with Crippen molar-refractivity contribution >= 4 is 38.7 Å². The molecule has 2 aromatic rings. The van der Waals surface area contributed by atoms with Gasteiger partial charge in [0.2, 0.25) is 9.84 Å². The molecule has 0 bridgehead atoms. The molecule has 8 heteroatoms. The van der Waals surface area contributed by atoms with Gasteiger partial charge < -0.3 is 15.0 Å². The van der Waals surface area contributed by atoms with Gasteiger partial charge in [-0.1, -0.05) is 29.8 Å². The maximum atomic E-state index is 13.2. The zero-order valence-corrected chi connectivity index (χ0v) is 16.8. The first-order valence-electron chi connectivity index (χ1n) is 8.88. The standard InChI is InChI=1S/C20H19ClN2O4S/c1-13-12-14(6-7-16(13)21)22-18-15-4-2-3-5-17(15)28(25,26)19(18)20(24)23-8-10-27-11-9-23/h2-7,12,22H,8-11H2,1H3. The number of nitrogens with zero attached hydrogens (tertiary/aromatic N) is 1. The molecule has 146 valence electrons. The lowest BCUT2D eigenvalue weighted by Crippen LogP contribution is -2.42. The van der Waals surface area contributed by atoms with Crippen molar-refractivity contribution in [2.75, 3.05) is 31.6 Å². The van der Waals surface area contributed by atoms with Crippen LogP contribution in [0.2, 0.25) is 5.02 Å². The lowest BCUT2D eigenvalue weighted by atomic mass is 10.1. The Morgan fingerprint density at radius 2 is 1.86 bits per heavy atom. The van der Waals surface area contributed by atoms with Gasteiger partial charge in [0.15, 0.2) is 4.91 Å². The van der Waals surface area contributed by atoms with Gasteiger partial charge in [-0.05, 0) is 36.8 Å². The van der Waals surface area contributed by atoms with Gasteiger partial charge in [-0.2, -0.15) is 0 Å². The van der Waals surface area contributed by atoms with Crippen molar-refractivity contribution in [3.63, 3.8) is 0 Å². The molecule has 0 saturated carbocycles. The maximum Gasteiger partial charge on any atom is 0.268 e. The molecule has 1 fully saturated rings. The number of halogens is 1. The number of carbonyl (C=O) groups is 1. The van der Waals surface area contributed by atoms with Gasteiger partial charge in [0, 0.05) is 29.4 Å². The molecule has 2 aliphatic rings. The third-order valence-electron chi connectivity index (χ3n) is 4.86. The first-order valence-corrected chi connectivity index (χ1v) is 10.7. The van der Waals surface area contributed by atoms with Gasteiger partial charge in [0.1, 0.15) is 0 Å². The highest BCUT2D eigenvalue weighted by atomic mass is 35.5. The molecular weight excluding hydrogens is 400 g/mol. The average molecular weight is 419 g/mol. The molecule has 0 unspecified atom stereocenters. The Bertz CT molecular complexity index is 1090. The van der Waals surface area contributed by atoms with Crippen LogP contribution in [0.5, 0.6) is 0 Å². The Kier molecular flexibility index (Phi) is 4.91. The van der Waals surface area contributed by atoms with E-state index in [-0.39, 0.29) is 9.80 Å². The van der Waals surface area contributed by atoms with Crippen LogP contribution in [0.3, 0.4) is 0 Å². The van der Waals surface area contributed by atoms with Gasteiger partial charge in [0.05, 0.1) is 23.8 Å². The van der Waals surface area contributed by atoms with E-state index in [9.17, 15) is 13.2 Å². The normalized spacial score (nSPS) is 18.1. The average Bonchev–Trinajstić information content (AvgIpc) is 2.92. The van der Waals surface area contributed by atoms with Gasteiger partial charge in [0.25, 0.3) is 5.91 Å². The quantitative estimate of drug-likeness (QED) is 0.829. The first-order chi connectivity index (χ1) is 13.4. The van der Waals surface area contributed by atoms with Gasteiger partial charge in [-0.3, -0.25) is 4.79 Å². The number of hydrogen-bond acceptors (Lipinski definition) is 5. The lowest BCUT2D eigenvalue weighted by Gasteiger charge is -2.27. The largest absolute Gasteiger partial charge is 0.378 e. The highest BCUT2D eigenvalue weighted by Crippen LogP contribution is 2.40. The predicted molar refractivity (Wildman–Crippen MR) is 108 cm³/mol. The summed E-state index contributed by atoms with van der Waals surface area (Å²) in [6.45, 7) is 3.38. The van der Waals surface area contributed by atoms with Crippen LogP contribution < -0.4 is 5.32 Å². The van der Waals surface area contributed by atoms with Crippen molar-refractivity contribution in [1.29, 1.82) is 0 Å². The molecule has 0 aliphatic carbocycles. The summed E-state index contributed by atoms with van der Waals surface area (Å²) in [5.41, 5.74) is 2.30. The second kappa shape index (κ2) is 7.24. The van der Waals surface area contributed by atoms with Crippen LogP contribution in [0, 0.1) is 6.92 Å². The van der Waals surface area contributed by atoms with Crippen LogP contribution >= 0.6 is 11.6 Å². The van der Waals surface area contributed by atoms with Crippen LogP contribution in [0.1, 0.15) is 11.1 Å². The molecule has 0 aromatic heterocycles. The Hall–Kier alpha value is -2.35. The summed E-state index contributed by atoms with van der Waals surface area (Å²) < 4.78 is 31.7. The maximum absolute atomic E-state index is 13.2. The molecule has 2 aromatic carbocycles. The van der Waals surface area contributed by atoms with Crippen molar-refractivity contribution in [1.82, 2.24) is 4.90 Å². The zero-order valence-electron chi connectivity index (χ0n) is 15.2. The van der Waals surface area contributed by atoms with Crippen LogP contribution in [0.25, 0.3) is 5.70 Å². The van der Waals surface area contributed by atoms with Gasteiger partial charge in [-0.25, -0.2) is 8.42 Å². The molecule has 0 radical (unpaired) electrons. The molecule has 1 N–H and O–H groups in total. The fraction of sp³-hybridized carbons (Fsp3) is 0.250. The third kappa shape index (κ3) is 3.19. The summed E-state index contributed by atoms with van der Waals surface area (Å²) in [6.07, 6.45) is 0. The summed E-state index contributed by atoms with van der Waals surface area (Å²) in [6, 6.07) is 12.0. The number of rotatable bonds is 3. The summed E-state index contributed by atoms with van der Waals surface area (Å²) in [5.74, 6) is -0.507. The van der Waals surface area contributed by atoms with Gasteiger partial charge >= 0.3 is 0 Å². The number of benzene rings is 2. The number of nitrogens with one attached hydrogen (secondary N) is 1. The Labute approximate surface area is 168 Å². The van der Waals surface area contributed by atoms with Crippen molar-refractivity contribution < 1.29 is 17.9 Å². The SMILES string of the molecule is Cc1cc(NC2=C(C(=O)N3CCOCC3)S(=O)(=O)c3ccccc32)ccc1Cl. The topological polar surface area (TPSA) is 75.7 Å². The Morgan fingerprint density at radius 3 is 2.57 bits per heavy atom. The second-order valence-corrected chi connectivity index (χ2v) is 8.96. The molecular formula is C20H19ClN2O4S. The molecule has 1 saturated heterocycles. The Morgan fingerprint density at radius 1 is 1.14 bits per heavy atom. The van der Waals surface area contributed by atoms with E-state index in [1.807, 2.05) is 13.0 Å². The number of aryl methyl sites for hydroxylation is 1. The van der Waals surface area contributed by atoms with E-state index in [4.69, 9.17) is 16.3 Å². The van der Waals surface area contributed by atoms with Crippen LogP contribution in [0.4, 0.5) is 5.69 Å². The fourth-order valence-corrected chi connectivity index (χ4v) is 5.24. The minimum absolute atomic E-state index is 0.139. The van der Waals surface area contributed by atoms with E-state index < -0.39 is 15.7 Å². The fourth-order valence-electron chi connectivity index (χ4n) is 3.40. The van der Waals surface area contributed by atoms with Crippen molar-refractivity contribution in [2.45, 2.75) is 11.8 Å². The Balaban J connectivity index is 1.84. The molecule has 2 heterocycles. The van der Waals surface area contributed by atoms with E-state index in [2.05, 4.69) is 5.32 Å². The minimum atomic E-state index is -3.92. The second-order valence-electron chi connectivity index (χ2n) is 6.70. The first kappa shape index (κ1) is 19.0. The summed E-state index contributed by atoms with van der Waals surface area (Å²) >= 11 is 6.10. The van der Waals surface area contributed by atoms with Gasteiger partial charge in [-0.15, -0.1) is 0 Å². The number of carbonyl (C=O) groups excluding carboxylic acids is 1. The zero-order chi connectivity index (χ0) is 19.9. The molecule has 2 aliphatic heterocycles. The third-order valence-corrected chi connectivity index (χ3v) is 7.14.